The zero-order chi connectivity index (χ0) is 19.4. The third-order valence-electron chi connectivity index (χ3n) is 4.09. The topological polar surface area (TPSA) is 94.0 Å². The van der Waals surface area contributed by atoms with Gasteiger partial charge in [-0.15, -0.1) is 0 Å². The van der Waals surface area contributed by atoms with Gasteiger partial charge in [0.05, 0.1) is 18.9 Å². The minimum atomic E-state index is -3.13. The fourth-order valence-electron chi connectivity index (χ4n) is 2.40. The van der Waals surface area contributed by atoms with Crippen LogP contribution in [0.4, 0.5) is 0 Å². The molecule has 0 radical (unpaired) electrons. The molecule has 3 N–H and O–H groups in total. The Hall–Kier alpha value is -1.64. The Morgan fingerprint density at radius 2 is 1.92 bits per heavy atom. The van der Waals surface area contributed by atoms with E-state index in [1.165, 1.54) is 4.31 Å². The standard InChI is InChI=1S/C18H32N4O3S/c1-4-19-18(20-12-9-13-22(3)26(24,25)5-2)21-14-17(15-23)16-10-7-6-8-11-16/h6-8,10-11,17,23H,4-5,9,12-15H2,1-3H3,(H2,19,20,21). The van der Waals surface area contributed by atoms with Crippen LogP contribution in [0.5, 0.6) is 0 Å². The summed E-state index contributed by atoms with van der Waals surface area (Å²) < 4.78 is 24.8. The van der Waals surface area contributed by atoms with E-state index in [0.717, 1.165) is 12.1 Å². The van der Waals surface area contributed by atoms with E-state index in [1.807, 2.05) is 37.3 Å². The lowest BCUT2D eigenvalue weighted by Crippen LogP contribution is -2.39. The lowest BCUT2D eigenvalue weighted by molar-refractivity contribution is 0.268. The van der Waals surface area contributed by atoms with Crippen LogP contribution in [0, 0.1) is 0 Å². The van der Waals surface area contributed by atoms with Crippen molar-refractivity contribution in [2.45, 2.75) is 26.2 Å². The van der Waals surface area contributed by atoms with E-state index in [0.29, 0.717) is 32.0 Å². The number of hydrogen-bond acceptors (Lipinski definition) is 4. The van der Waals surface area contributed by atoms with Gasteiger partial charge in [0.25, 0.3) is 0 Å². The van der Waals surface area contributed by atoms with Crippen LogP contribution in [0.25, 0.3) is 0 Å². The van der Waals surface area contributed by atoms with Crippen LogP contribution in [-0.2, 0) is 10.0 Å². The number of sulfonamides is 1. The monoisotopic (exact) mass is 384 g/mol. The highest BCUT2D eigenvalue weighted by Crippen LogP contribution is 2.14. The van der Waals surface area contributed by atoms with E-state index in [4.69, 9.17) is 0 Å². The van der Waals surface area contributed by atoms with Crippen molar-refractivity contribution in [3.63, 3.8) is 0 Å². The largest absolute Gasteiger partial charge is 0.396 e. The lowest BCUT2D eigenvalue weighted by Gasteiger charge is -2.17. The molecule has 148 valence electrons. The summed E-state index contributed by atoms with van der Waals surface area (Å²) in [7, 11) is -1.53. The highest BCUT2D eigenvalue weighted by atomic mass is 32.2. The van der Waals surface area contributed by atoms with Crippen LogP contribution in [0.3, 0.4) is 0 Å². The molecule has 0 heterocycles. The Morgan fingerprint density at radius 1 is 1.23 bits per heavy atom. The molecule has 1 aromatic rings. The Morgan fingerprint density at radius 3 is 2.50 bits per heavy atom. The van der Waals surface area contributed by atoms with Gasteiger partial charge in [0.15, 0.2) is 5.96 Å². The van der Waals surface area contributed by atoms with Crippen LogP contribution in [0.1, 0.15) is 31.7 Å². The maximum absolute atomic E-state index is 11.7. The van der Waals surface area contributed by atoms with Crippen LogP contribution in [0.15, 0.2) is 35.3 Å². The molecule has 0 bridgehead atoms. The highest BCUT2D eigenvalue weighted by molar-refractivity contribution is 7.89. The van der Waals surface area contributed by atoms with E-state index >= 15 is 0 Å². The van der Waals surface area contributed by atoms with Crippen molar-refractivity contribution in [1.29, 1.82) is 0 Å². The minimum absolute atomic E-state index is 0.0343. The second-order valence-electron chi connectivity index (χ2n) is 6.01. The number of benzene rings is 1. The average molecular weight is 385 g/mol. The van der Waals surface area contributed by atoms with Gasteiger partial charge in [0.2, 0.25) is 10.0 Å². The Kier molecular flexibility index (Phi) is 10.2. The summed E-state index contributed by atoms with van der Waals surface area (Å²) in [6.45, 7) is 5.94. The van der Waals surface area contributed by atoms with E-state index in [2.05, 4.69) is 15.6 Å². The molecule has 8 heteroatoms. The summed E-state index contributed by atoms with van der Waals surface area (Å²) >= 11 is 0. The van der Waals surface area contributed by atoms with Gasteiger partial charge in [-0.3, -0.25) is 4.99 Å². The molecule has 0 aliphatic carbocycles. The summed E-state index contributed by atoms with van der Waals surface area (Å²) in [6, 6.07) is 9.82. The number of aliphatic hydroxyl groups is 1. The molecule has 0 spiro atoms. The average Bonchev–Trinajstić information content (AvgIpc) is 2.66. The van der Waals surface area contributed by atoms with Gasteiger partial charge in [-0.05, 0) is 25.8 Å². The molecule has 1 atom stereocenters. The summed E-state index contributed by atoms with van der Waals surface area (Å²) in [5.74, 6) is 0.735. The van der Waals surface area contributed by atoms with Gasteiger partial charge in [0, 0.05) is 32.6 Å². The Labute approximate surface area is 157 Å². The molecule has 0 saturated carbocycles. The van der Waals surface area contributed by atoms with E-state index < -0.39 is 10.0 Å². The van der Waals surface area contributed by atoms with Crippen LogP contribution < -0.4 is 10.6 Å². The molecule has 1 rings (SSSR count). The van der Waals surface area contributed by atoms with Crippen LogP contribution in [-0.4, -0.2) is 69.4 Å². The Balaban J connectivity index is 2.53. The van der Waals surface area contributed by atoms with Crippen LogP contribution in [0.2, 0.25) is 0 Å². The summed E-state index contributed by atoms with van der Waals surface area (Å²) in [5, 5.41) is 16.0. The fourth-order valence-corrected chi connectivity index (χ4v) is 3.25. The van der Waals surface area contributed by atoms with Crippen molar-refractivity contribution >= 4 is 16.0 Å². The predicted octanol–water partition coefficient (Wildman–Crippen LogP) is 0.989. The smallest absolute Gasteiger partial charge is 0.213 e. The van der Waals surface area contributed by atoms with E-state index in [9.17, 15) is 13.5 Å². The van der Waals surface area contributed by atoms with Crippen molar-refractivity contribution in [1.82, 2.24) is 14.9 Å². The van der Waals surface area contributed by atoms with Gasteiger partial charge >= 0.3 is 0 Å². The fraction of sp³-hybridized carbons (Fsp3) is 0.611. The normalized spacial score (nSPS) is 13.7. The van der Waals surface area contributed by atoms with E-state index in [1.54, 1.807) is 14.0 Å². The molecular weight excluding hydrogens is 352 g/mol. The predicted molar refractivity (Wildman–Crippen MR) is 107 cm³/mol. The summed E-state index contributed by atoms with van der Waals surface area (Å²) in [4.78, 5) is 4.55. The molecule has 0 aliphatic heterocycles. The van der Waals surface area contributed by atoms with Gasteiger partial charge in [-0.25, -0.2) is 12.7 Å². The molecular formula is C18H32N4O3S. The quantitative estimate of drug-likeness (QED) is 0.300. The molecule has 1 aromatic carbocycles. The first-order valence-corrected chi connectivity index (χ1v) is 10.7. The second-order valence-corrected chi connectivity index (χ2v) is 8.38. The Bertz CT molecular complexity index is 635. The first-order chi connectivity index (χ1) is 12.4. The molecule has 7 nitrogen and oxygen atoms in total. The third-order valence-corrected chi connectivity index (χ3v) is 5.95. The van der Waals surface area contributed by atoms with Crippen LogP contribution >= 0.6 is 0 Å². The van der Waals surface area contributed by atoms with Crippen molar-refractivity contribution in [2.75, 3.05) is 45.6 Å². The number of aliphatic hydroxyl groups excluding tert-OH is 1. The number of aliphatic imine (C=N–C) groups is 1. The van der Waals surface area contributed by atoms with Gasteiger partial charge in [-0.1, -0.05) is 30.3 Å². The molecule has 0 saturated heterocycles. The summed E-state index contributed by atoms with van der Waals surface area (Å²) in [6.07, 6.45) is 0.683. The van der Waals surface area contributed by atoms with Crippen molar-refractivity contribution in [3.05, 3.63) is 35.9 Å². The summed E-state index contributed by atoms with van der Waals surface area (Å²) in [5.41, 5.74) is 1.06. The SMILES string of the molecule is CCNC(=NCC(CO)c1ccccc1)NCCCN(C)S(=O)(=O)CC. The molecule has 0 aliphatic rings. The maximum Gasteiger partial charge on any atom is 0.213 e. The molecule has 26 heavy (non-hydrogen) atoms. The maximum atomic E-state index is 11.7. The zero-order valence-corrected chi connectivity index (χ0v) is 16.8. The molecule has 0 amide bonds. The lowest BCUT2D eigenvalue weighted by atomic mass is 10.0. The number of nitrogens with zero attached hydrogens (tertiary/aromatic N) is 2. The molecule has 1 unspecified atom stereocenters. The van der Waals surface area contributed by atoms with Gasteiger partial charge < -0.3 is 15.7 Å². The first kappa shape index (κ1) is 22.4. The third kappa shape index (κ3) is 7.72. The van der Waals surface area contributed by atoms with Gasteiger partial charge in [0.1, 0.15) is 0 Å². The number of nitrogens with one attached hydrogen (secondary N) is 2. The molecule has 0 aromatic heterocycles. The first-order valence-electron chi connectivity index (χ1n) is 9.06. The van der Waals surface area contributed by atoms with Gasteiger partial charge in [-0.2, -0.15) is 0 Å². The van der Waals surface area contributed by atoms with Crippen molar-refractivity contribution in [2.24, 2.45) is 4.99 Å². The number of rotatable bonds is 11. The second kappa shape index (κ2) is 11.9. The minimum Gasteiger partial charge on any atom is -0.396 e. The number of guanidine groups is 1. The van der Waals surface area contributed by atoms with Crippen molar-refractivity contribution < 1.29 is 13.5 Å². The zero-order valence-electron chi connectivity index (χ0n) is 16.0. The van der Waals surface area contributed by atoms with Crippen molar-refractivity contribution in [3.8, 4) is 0 Å². The highest BCUT2D eigenvalue weighted by Gasteiger charge is 2.14. The molecule has 0 fully saturated rings. The van der Waals surface area contributed by atoms with E-state index in [-0.39, 0.29) is 18.3 Å². The number of hydrogen-bond donors (Lipinski definition) is 3.